The van der Waals surface area contributed by atoms with E-state index in [0.717, 1.165) is 19.3 Å². The summed E-state index contributed by atoms with van der Waals surface area (Å²) >= 11 is 0. The zero-order valence-electron chi connectivity index (χ0n) is 21.3. The first-order valence-corrected chi connectivity index (χ1v) is 12.2. The lowest BCUT2D eigenvalue weighted by molar-refractivity contribution is -0.147. The molecule has 0 bridgehead atoms. The number of rotatable bonds is 14. The molecule has 2 heterocycles. The Labute approximate surface area is 206 Å². The zero-order chi connectivity index (χ0) is 26.1. The molecule has 35 heavy (non-hydrogen) atoms. The average Bonchev–Trinajstić information content (AvgIpc) is 2.77. The quantitative estimate of drug-likeness (QED) is 0.347. The van der Waals surface area contributed by atoms with Crippen molar-refractivity contribution >= 4 is 18.1 Å². The summed E-state index contributed by atoms with van der Waals surface area (Å²) in [6.07, 6.45) is 8.98. The van der Waals surface area contributed by atoms with Crippen molar-refractivity contribution in [2.24, 2.45) is 10.8 Å². The molecule has 0 saturated carbocycles. The maximum atomic E-state index is 12.1. The molecule has 7 heteroatoms. The van der Waals surface area contributed by atoms with Gasteiger partial charge in [-0.3, -0.25) is 14.4 Å². The molecule has 0 spiro atoms. The first kappa shape index (κ1) is 28.3. The molecule has 0 unspecified atom stereocenters. The first-order chi connectivity index (χ1) is 16.4. The summed E-state index contributed by atoms with van der Waals surface area (Å²) in [5.41, 5.74) is -1.22. The molecule has 0 radical (unpaired) electrons. The van der Waals surface area contributed by atoms with Crippen LogP contribution in [0.2, 0.25) is 0 Å². The fourth-order valence-electron chi connectivity index (χ4n) is 3.63. The van der Waals surface area contributed by atoms with Gasteiger partial charge in [0, 0.05) is 43.7 Å². The SMILES string of the molecule is CC(C)(CO)CCCCc1cc(=O)cc(/C=C\c2cc(=O)cc(CCCCC(C)(C)C(=O)O)o2)o1. The first-order valence-electron chi connectivity index (χ1n) is 12.2. The third-order valence-electron chi connectivity index (χ3n) is 6.09. The van der Waals surface area contributed by atoms with E-state index in [4.69, 9.17) is 8.83 Å². The summed E-state index contributed by atoms with van der Waals surface area (Å²) in [5, 5.41) is 18.6. The second-order valence-corrected chi connectivity index (χ2v) is 10.6. The number of carbonyl (C=O) groups is 1. The largest absolute Gasteiger partial charge is 0.481 e. The Kier molecular flexibility index (Phi) is 10.3. The van der Waals surface area contributed by atoms with Crippen LogP contribution in [0.25, 0.3) is 12.2 Å². The van der Waals surface area contributed by atoms with Crippen LogP contribution in [0.15, 0.2) is 42.7 Å². The van der Waals surface area contributed by atoms with Gasteiger partial charge >= 0.3 is 5.97 Å². The minimum absolute atomic E-state index is 0.112. The smallest absolute Gasteiger partial charge is 0.309 e. The Hall–Kier alpha value is -2.93. The van der Waals surface area contributed by atoms with E-state index in [2.05, 4.69) is 0 Å². The molecule has 2 aromatic rings. The minimum Gasteiger partial charge on any atom is -0.481 e. The number of hydrogen-bond donors (Lipinski definition) is 2. The van der Waals surface area contributed by atoms with Gasteiger partial charge < -0.3 is 19.0 Å². The van der Waals surface area contributed by atoms with Gasteiger partial charge in [-0.15, -0.1) is 0 Å². The fraction of sp³-hybridized carbons (Fsp3) is 0.536. The summed E-state index contributed by atoms with van der Waals surface area (Å²) in [6, 6.07) is 5.69. The average molecular weight is 487 g/mol. The van der Waals surface area contributed by atoms with Crippen LogP contribution < -0.4 is 10.9 Å². The zero-order valence-corrected chi connectivity index (χ0v) is 21.3. The lowest BCUT2D eigenvalue weighted by Crippen LogP contribution is -2.23. The van der Waals surface area contributed by atoms with E-state index in [1.165, 1.54) is 24.3 Å². The summed E-state index contributed by atoms with van der Waals surface area (Å²) in [5.74, 6) is 1.05. The van der Waals surface area contributed by atoms with E-state index in [9.17, 15) is 24.6 Å². The summed E-state index contributed by atoms with van der Waals surface area (Å²) in [4.78, 5) is 35.4. The Morgan fingerprint density at radius 1 is 0.800 bits per heavy atom. The number of aryl methyl sites for hydroxylation is 2. The molecule has 7 nitrogen and oxygen atoms in total. The van der Waals surface area contributed by atoms with Crippen LogP contribution in [0.1, 0.15) is 89.3 Å². The van der Waals surface area contributed by atoms with Crippen molar-refractivity contribution in [2.45, 2.75) is 79.1 Å². The molecule has 0 aromatic carbocycles. The standard InChI is InChI=1S/C28H38O7/c1-27(2,19-29)13-7-5-9-22-15-20(30)17-24(34-22)11-12-25-18-21(31)16-23(35-25)10-6-8-14-28(3,4)26(32)33/h11-12,15-18,29H,5-10,13-14,19H2,1-4H3,(H,32,33)/b12-11-. The van der Waals surface area contributed by atoms with Gasteiger partial charge in [-0.1, -0.05) is 26.7 Å². The fourth-order valence-corrected chi connectivity index (χ4v) is 3.63. The van der Waals surface area contributed by atoms with Crippen LogP contribution in [-0.4, -0.2) is 22.8 Å². The Bertz CT molecular complexity index is 1120. The maximum Gasteiger partial charge on any atom is 0.309 e. The molecule has 0 aliphatic heterocycles. The molecular formula is C28H38O7. The van der Waals surface area contributed by atoms with Crippen molar-refractivity contribution in [3.8, 4) is 0 Å². The highest BCUT2D eigenvalue weighted by molar-refractivity contribution is 5.73. The van der Waals surface area contributed by atoms with Gasteiger partial charge in [0.1, 0.15) is 23.0 Å². The van der Waals surface area contributed by atoms with Gasteiger partial charge in [-0.2, -0.15) is 0 Å². The normalized spacial score (nSPS) is 12.4. The van der Waals surface area contributed by atoms with Gasteiger partial charge in [-0.05, 0) is 57.1 Å². The number of carboxylic acid groups (broad SMARTS) is 1. The van der Waals surface area contributed by atoms with Gasteiger partial charge in [0.2, 0.25) is 0 Å². The Balaban J connectivity index is 1.99. The molecular weight excluding hydrogens is 448 g/mol. The van der Waals surface area contributed by atoms with Crippen molar-refractivity contribution in [3.63, 3.8) is 0 Å². The van der Waals surface area contributed by atoms with Gasteiger partial charge in [0.15, 0.2) is 10.9 Å². The van der Waals surface area contributed by atoms with Gasteiger partial charge in [0.05, 0.1) is 5.41 Å². The predicted octanol–water partition coefficient (Wildman–Crippen LogP) is 5.32. The topological polar surface area (TPSA) is 118 Å². The highest BCUT2D eigenvalue weighted by Crippen LogP contribution is 2.24. The highest BCUT2D eigenvalue weighted by Gasteiger charge is 2.26. The lowest BCUT2D eigenvalue weighted by atomic mass is 9.87. The van der Waals surface area contributed by atoms with Crippen molar-refractivity contribution in [2.75, 3.05) is 6.61 Å². The maximum absolute atomic E-state index is 12.1. The van der Waals surface area contributed by atoms with Crippen molar-refractivity contribution in [1.29, 1.82) is 0 Å². The van der Waals surface area contributed by atoms with Crippen molar-refractivity contribution in [1.82, 2.24) is 0 Å². The molecule has 0 aliphatic carbocycles. The van der Waals surface area contributed by atoms with Gasteiger partial charge in [-0.25, -0.2) is 0 Å². The lowest BCUT2D eigenvalue weighted by Gasteiger charge is -2.20. The number of carboxylic acids is 1. The molecule has 2 N–H and O–H groups in total. The van der Waals surface area contributed by atoms with Gasteiger partial charge in [0.25, 0.3) is 0 Å². The summed E-state index contributed by atoms with van der Waals surface area (Å²) in [6.45, 7) is 7.58. The van der Waals surface area contributed by atoms with Crippen molar-refractivity contribution in [3.05, 3.63) is 67.8 Å². The van der Waals surface area contributed by atoms with Crippen LogP contribution in [0, 0.1) is 10.8 Å². The van der Waals surface area contributed by atoms with Crippen molar-refractivity contribution < 1.29 is 23.8 Å². The number of aliphatic carboxylic acids is 1. The predicted molar refractivity (Wildman–Crippen MR) is 136 cm³/mol. The molecule has 0 saturated heterocycles. The summed E-state index contributed by atoms with van der Waals surface area (Å²) < 4.78 is 11.6. The van der Waals surface area contributed by atoms with E-state index < -0.39 is 11.4 Å². The molecule has 0 fully saturated rings. The van der Waals surface area contributed by atoms with Crippen LogP contribution >= 0.6 is 0 Å². The minimum atomic E-state index is -0.822. The molecule has 0 atom stereocenters. The molecule has 192 valence electrons. The van der Waals surface area contributed by atoms with Crippen LogP contribution in [0.4, 0.5) is 0 Å². The number of hydrogen-bond acceptors (Lipinski definition) is 6. The van der Waals surface area contributed by atoms with Crippen LogP contribution in [-0.2, 0) is 17.6 Å². The Morgan fingerprint density at radius 3 is 1.69 bits per heavy atom. The number of aliphatic hydroxyl groups excluding tert-OH is 1. The third-order valence-corrected chi connectivity index (χ3v) is 6.09. The molecule has 2 rings (SSSR count). The van der Waals surface area contributed by atoms with Crippen LogP contribution in [0.3, 0.4) is 0 Å². The second-order valence-electron chi connectivity index (χ2n) is 10.6. The van der Waals surface area contributed by atoms with E-state index in [1.807, 2.05) is 13.8 Å². The molecule has 0 aliphatic rings. The Morgan fingerprint density at radius 2 is 1.26 bits per heavy atom. The number of unbranched alkanes of at least 4 members (excludes halogenated alkanes) is 2. The van der Waals surface area contributed by atoms with E-state index >= 15 is 0 Å². The van der Waals surface area contributed by atoms with E-state index in [0.29, 0.717) is 55.1 Å². The van der Waals surface area contributed by atoms with Crippen LogP contribution in [0.5, 0.6) is 0 Å². The third kappa shape index (κ3) is 10.1. The highest BCUT2D eigenvalue weighted by atomic mass is 16.4. The molecule has 0 amide bonds. The van der Waals surface area contributed by atoms with E-state index in [1.54, 1.807) is 26.0 Å². The second kappa shape index (κ2) is 12.7. The monoisotopic (exact) mass is 486 g/mol. The number of aliphatic hydroxyl groups is 1. The summed E-state index contributed by atoms with van der Waals surface area (Å²) in [7, 11) is 0. The molecule has 2 aromatic heterocycles. The van der Waals surface area contributed by atoms with E-state index in [-0.39, 0.29) is 22.9 Å².